The van der Waals surface area contributed by atoms with Crippen molar-refractivity contribution in [3.05, 3.63) is 0 Å². The monoisotopic (exact) mass is 267 g/mol. The highest BCUT2D eigenvalue weighted by molar-refractivity contribution is 5.94. The maximum absolute atomic E-state index is 11.4. The molecule has 0 aliphatic heterocycles. The molecular weight excluding hydrogens is 246 g/mol. The molecule has 0 saturated heterocycles. The highest BCUT2D eigenvalue weighted by Crippen LogP contribution is 2.63. The molecule has 2 rings (SSSR count). The van der Waals surface area contributed by atoms with Crippen LogP contribution < -0.4 is 0 Å². The van der Waals surface area contributed by atoms with Gasteiger partial charge in [-0.2, -0.15) is 0 Å². The molecular formula is C14H21NO4. The fraction of sp³-hybridized carbons (Fsp3) is 0.786. The molecule has 19 heavy (non-hydrogen) atoms. The van der Waals surface area contributed by atoms with Crippen LogP contribution in [-0.4, -0.2) is 22.8 Å². The van der Waals surface area contributed by atoms with E-state index in [1.54, 1.807) is 0 Å². The number of fused-ring (bicyclic) bond motifs is 2. The van der Waals surface area contributed by atoms with Crippen LogP contribution in [0.4, 0.5) is 0 Å². The van der Waals surface area contributed by atoms with Gasteiger partial charge < -0.3 is 9.94 Å². The van der Waals surface area contributed by atoms with E-state index in [2.05, 4.69) is 25.9 Å². The van der Waals surface area contributed by atoms with Crippen molar-refractivity contribution in [2.75, 3.05) is 0 Å². The standard InChI is InChI=1S/C14H21NO4/c1-13(2)9-6-7-14(13,3)10(8-9)15-19-12(18)5-4-11(16)17/h9H,4-8H2,1-3H3,(H,16,17). The van der Waals surface area contributed by atoms with E-state index < -0.39 is 11.9 Å². The molecule has 1 N–H and O–H groups in total. The highest BCUT2D eigenvalue weighted by atomic mass is 16.7. The average molecular weight is 267 g/mol. The zero-order chi connectivity index (χ0) is 14.3. The van der Waals surface area contributed by atoms with Crippen LogP contribution in [0.1, 0.15) is 52.9 Å². The predicted octanol–water partition coefficient (Wildman–Crippen LogP) is 2.60. The zero-order valence-electron chi connectivity index (χ0n) is 11.7. The van der Waals surface area contributed by atoms with Crippen molar-refractivity contribution >= 4 is 17.7 Å². The molecule has 5 heteroatoms. The molecule has 2 saturated carbocycles. The molecule has 2 unspecified atom stereocenters. The first-order valence-corrected chi connectivity index (χ1v) is 6.76. The van der Waals surface area contributed by atoms with Crippen LogP contribution in [0.2, 0.25) is 0 Å². The van der Waals surface area contributed by atoms with Crippen molar-refractivity contribution in [3.63, 3.8) is 0 Å². The van der Waals surface area contributed by atoms with Crippen LogP contribution in [0, 0.1) is 16.7 Å². The van der Waals surface area contributed by atoms with Crippen molar-refractivity contribution in [1.82, 2.24) is 0 Å². The van der Waals surface area contributed by atoms with Gasteiger partial charge in [0.05, 0.1) is 18.6 Å². The third-order valence-corrected chi connectivity index (χ3v) is 5.31. The van der Waals surface area contributed by atoms with Crippen molar-refractivity contribution < 1.29 is 19.5 Å². The Hall–Kier alpha value is -1.39. The minimum atomic E-state index is -1.00. The van der Waals surface area contributed by atoms with Gasteiger partial charge in [0.15, 0.2) is 0 Å². The number of oxime groups is 1. The smallest absolute Gasteiger partial charge is 0.335 e. The summed E-state index contributed by atoms with van der Waals surface area (Å²) in [6.07, 6.45) is 2.83. The summed E-state index contributed by atoms with van der Waals surface area (Å²) < 4.78 is 0. The first kappa shape index (κ1) is 14.0. The highest BCUT2D eigenvalue weighted by Gasteiger charge is 2.60. The van der Waals surface area contributed by atoms with Gasteiger partial charge in [0.25, 0.3) is 0 Å². The van der Waals surface area contributed by atoms with Crippen molar-refractivity contribution in [3.8, 4) is 0 Å². The van der Waals surface area contributed by atoms with Crippen LogP contribution in [0.25, 0.3) is 0 Å². The van der Waals surface area contributed by atoms with Gasteiger partial charge in [-0.05, 0) is 30.6 Å². The summed E-state index contributed by atoms with van der Waals surface area (Å²) in [5.74, 6) is -0.967. The Morgan fingerprint density at radius 2 is 2.05 bits per heavy atom. The normalized spacial score (nSPS) is 33.6. The fourth-order valence-corrected chi connectivity index (χ4v) is 3.43. The lowest BCUT2D eigenvalue weighted by Gasteiger charge is -2.34. The Labute approximate surface area is 113 Å². The van der Waals surface area contributed by atoms with E-state index >= 15 is 0 Å². The molecule has 0 heterocycles. The van der Waals surface area contributed by atoms with Gasteiger partial charge >= 0.3 is 11.9 Å². The number of carbonyl (C=O) groups excluding carboxylic acids is 1. The second-order valence-corrected chi connectivity index (χ2v) is 6.39. The molecule has 2 aliphatic carbocycles. The number of carbonyl (C=O) groups is 2. The second kappa shape index (κ2) is 4.62. The predicted molar refractivity (Wildman–Crippen MR) is 69.6 cm³/mol. The molecule has 2 fully saturated rings. The number of carboxylic acids is 1. The van der Waals surface area contributed by atoms with Crippen LogP contribution in [0.5, 0.6) is 0 Å². The summed E-state index contributed by atoms with van der Waals surface area (Å²) in [5.41, 5.74) is 1.15. The maximum atomic E-state index is 11.4. The van der Waals surface area contributed by atoms with E-state index in [9.17, 15) is 9.59 Å². The Morgan fingerprint density at radius 1 is 1.37 bits per heavy atom. The SMILES string of the molecule is CC12CCC(CC1=NOC(=O)CCC(=O)O)C2(C)C. The average Bonchev–Trinajstić information content (AvgIpc) is 2.66. The van der Waals surface area contributed by atoms with Gasteiger partial charge in [0, 0.05) is 5.41 Å². The van der Waals surface area contributed by atoms with Gasteiger partial charge in [-0.3, -0.25) is 4.79 Å². The van der Waals surface area contributed by atoms with Gasteiger partial charge in [-0.1, -0.05) is 25.9 Å². The number of hydrogen-bond donors (Lipinski definition) is 1. The summed E-state index contributed by atoms with van der Waals surface area (Å²) in [7, 11) is 0. The third-order valence-electron chi connectivity index (χ3n) is 5.31. The van der Waals surface area contributed by atoms with E-state index in [0.717, 1.165) is 18.6 Å². The van der Waals surface area contributed by atoms with E-state index in [-0.39, 0.29) is 23.7 Å². The molecule has 0 radical (unpaired) electrons. The molecule has 0 aromatic rings. The first-order valence-electron chi connectivity index (χ1n) is 6.76. The van der Waals surface area contributed by atoms with Gasteiger partial charge in [-0.15, -0.1) is 0 Å². The molecule has 0 aromatic heterocycles. The lowest BCUT2D eigenvalue weighted by atomic mass is 9.70. The third kappa shape index (κ3) is 2.26. The van der Waals surface area contributed by atoms with Crippen molar-refractivity contribution in [1.29, 1.82) is 0 Å². The van der Waals surface area contributed by atoms with E-state index in [0.29, 0.717) is 5.92 Å². The molecule has 5 nitrogen and oxygen atoms in total. The number of rotatable bonds is 4. The van der Waals surface area contributed by atoms with Crippen LogP contribution in [0.3, 0.4) is 0 Å². The van der Waals surface area contributed by atoms with Crippen LogP contribution >= 0.6 is 0 Å². The second-order valence-electron chi connectivity index (χ2n) is 6.39. The Balaban J connectivity index is 1.99. The maximum Gasteiger partial charge on any atom is 0.335 e. The summed E-state index contributed by atoms with van der Waals surface area (Å²) >= 11 is 0. The van der Waals surface area contributed by atoms with Gasteiger partial charge in [-0.25, -0.2) is 4.79 Å². The van der Waals surface area contributed by atoms with E-state index in [1.165, 1.54) is 6.42 Å². The summed E-state index contributed by atoms with van der Waals surface area (Å²) in [5, 5.41) is 12.5. The van der Waals surface area contributed by atoms with Crippen LogP contribution in [-0.2, 0) is 14.4 Å². The molecule has 2 aliphatic rings. The molecule has 106 valence electrons. The quantitative estimate of drug-likeness (QED) is 0.627. The lowest BCUT2D eigenvalue weighted by molar-refractivity contribution is -0.147. The number of carboxylic acid groups (broad SMARTS) is 1. The first-order chi connectivity index (χ1) is 8.77. The summed E-state index contributed by atoms with van der Waals surface area (Å²) in [4.78, 5) is 26.6. The van der Waals surface area contributed by atoms with Crippen molar-refractivity contribution in [2.45, 2.75) is 52.9 Å². The topological polar surface area (TPSA) is 76.0 Å². The fourth-order valence-electron chi connectivity index (χ4n) is 3.43. The van der Waals surface area contributed by atoms with Crippen molar-refractivity contribution in [2.24, 2.45) is 21.9 Å². The van der Waals surface area contributed by atoms with Gasteiger partial charge in [0.1, 0.15) is 0 Å². The molecule has 0 aromatic carbocycles. The van der Waals surface area contributed by atoms with Gasteiger partial charge in [0.2, 0.25) is 0 Å². The van der Waals surface area contributed by atoms with E-state index in [4.69, 9.17) is 9.94 Å². The Kier molecular flexibility index (Phi) is 3.41. The van der Waals surface area contributed by atoms with E-state index in [1.807, 2.05) is 0 Å². The number of hydrogen-bond acceptors (Lipinski definition) is 4. The minimum absolute atomic E-state index is 0.00471. The Morgan fingerprint density at radius 3 is 2.53 bits per heavy atom. The Bertz CT molecular complexity index is 441. The van der Waals surface area contributed by atoms with Crippen LogP contribution in [0.15, 0.2) is 5.16 Å². The molecule has 0 amide bonds. The molecule has 2 atom stereocenters. The number of nitrogens with zero attached hydrogens (tertiary/aromatic N) is 1. The lowest BCUT2D eigenvalue weighted by Crippen LogP contribution is -2.32. The minimum Gasteiger partial charge on any atom is -0.481 e. The largest absolute Gasteiger partial charge is 0.481 e. The summed E-state index contributed by atoms with van der Waals surface area (Å²) in [6.45, 7) is 6.68. The number of aliphatic carboxylic acids is 1. The molecule has 0 spiro atoms. The molecule has 2 bridgehead atoms. The summed E-state index contributed by atoms with van der Waals surface area (Å²) in [6, 6.07) is 0. The zero-order valence-corrected chi connectivity index (χ0v) is 11.7.